The molecular weight excluding hydrogens is 403 g/mol. The van der Waals surface area contributed by atoms with Gasteiger partial charge in [-0.2, -0.15) is 18.3 Å². The molecule has 0 atom stereocenters. The van der Waals surface area contributed by atoms with E-state index in [1.807, 2.05) is 17.5 Å². The zero-order chi connectivity index (χ0) is 19.6. The van der Waals surface area contributed by atoms with E-state index in [2.05, 4.69) is 10.4 Å². The number of thiophene rings is 1. The summed E-state index contributed by atoms with van der Waals surface area (Å²) in [6.07, 6.45) is -4.57. The first kappa shape index (κ1) is 19.1. The van der Waals surface area contributed by atoms with Gasteiger partial charge in [-0.1, -0.05) is 17.7 Å². The molecule has 2 aromatic heterocycles. The Labute approximate surface area is 160 Å². The van der Waals surface area contributed by atoms with Gasteiger partial charge in [-0.25, -0.2) is 4.68 Å². The molecule has 140 valence electrons. The van der Waals surface area contributed by atoms with Crippen LogP contribution in [0, 0.1) is 0 Å². The molecule has 1 N–H and O–H groups in total. The van der Waals surface area contributed by atoms with E-state index >= 15 is 0 Å². The minimum absolute atomic E-state index is 0.0519. The highest BCUT2D eigenvalue weighted by atomic mass is 35.5. The third kappa shape index (κ3) is 4.55. The Morgan fingerprint density at radius 1 is 1.22 bits per heavy atom. The molecule has 0 aliphatic carbocycles. The number of aromatic nitrogens is 2. The maximum atomic E-state index is 12.8. The number of alkyl halides is 3. The third-order valence-corrected chi connectivity index (χ3v) is 4.72. The maximum Gasteiger partial charge on any atom is 0.416 e. The van der Waals surface area contributed by atoms with Crippen LogP contribution in [-0.4, -0.2) is 15.7 Å². The van der Waals surface area contributed by atoms with Crippen molar-refractivity contribution < 1.29 is 18.0 Å². The van der Waals surface area contributed by atoms with Crippen molar-refractivity contribution in [1.82, 2.24) is 9.78 Å². The second kappa shape index (κ2) is 7.53. The van der Waals surface area contributed by atoms with Gasteiger partial charge in [0.1, 0.15) is 12.2 Å². The second-order valence-corrected chi connectivity index (χ2v) is 6.79. The van der Waals surface area contributed by atoms with Crippen LogP contribution in [0.15, 0.2) is 52.6 Å². The molecule has 3 aromatic rings. The van der Waals surface area contributed by atoms with Gasteiger partial charge < -0.3 is 5.32 Å². The predicted molar refractivity (Wildman–Crippen MR) is 96.9 cm³/mol. The lowest BCUT2D eigenvalue weighted by atomic mass is 10.2. The van der Waals surface area contributed by atoms with Crippen LogP contribution in [0.25, 0.3) is 10.6 Å². The smallest absolute Gasteiger partial charge is 0.323 e. The van der Waals surface area contributed by atoms with E-state index in [1.165, 1.54) is 23.5 Å². The fourth-order valence-corrected chi connectivity index (χ4v) is 3.10. The van der Waals surface area contributed by atoms with Crippen molar-refractivity contribution in [2.24, 2.45) is 0 Å². The van der Waals surface area contributed by atoms with Gasteiger partial charge in [-0.3, -0.25) is 9.59 Å². The Morgan fingerprint density at radius 3 is 2.67 bits per heavy atom. The SMILES string of the molecule is O=C(Cn1nc(-c2cccs2)ccc1=O)Nc1cc(C(F)(F)F)ccc1Cl. The third-order valence-electron chi connectivity index (χ3n) is 3.50. The minimum atomic E-state index is -4.57. The van der Waals surface area contributed by atoms with Gasteiger partial charge in [0.25, 0.3) is 5.56 Å². The van der Waals surface area contributed by atoms with Crippen LogP contribution in [-0.2, 0) is 17.5 Å². The van der Waals surface area contributed by atoms with Crippen molar-refractivity contribution in [3.05, 3.63) is 68.8 Å². The van der Waals surface area contributed by atoms with Crippen LogP contribution in [0.2, 0.25) is 5.02 Å². The highest BCUT2D eigenvalue weighted by molar-refractivity contribution is 7.13. The summed E-state index contributed by atoms with van der Waals surface area (Å²) in [5.74, 6) is -0.728. The van der Waals surface area contributed by atoms with E-state index in [0.29, 0.717) is 5.69 Å². The van der Waals surface area contributed by atoms with Crippen molar-refractivity contribution in [3.63, 3.8) is 0 Å². The van der Waals surface area contributed by atoms with E-state index in [4.69, 9.17) is 11.6 Å². The predicted octanol–water partition coefficient (Wildman–Crippen LogP) is 4.28. The van der Waals surface area contributed by atoms with E-state index in [0.717, 1.165) is 27.8 Å². The number of amides is 1. The van der Waals surface area contributed by atoms with Crippen LogP contribution >= 0.6 is 22.9 Å². The Bertz CT molecular complexity index is 1030. The van der Waals surface area contributed by atoms with Crippen LogP contribution < -0.4 is 10.9 Å². The fraction of sp³-hybridized carbons (Fsp3) is 0.118. The lowest BCUT2D eigenvalue weighted by Crippen LogP contribution is -2.29. The van der Waals surface area contributed by atoms with Gasteiger partial charge >= 0.3 is 6.18 Å². The molecule has 27 heavy (non-hydrogen) atoms. The number of nitrogens with one attached hydrogen (secondary N) is 1. The molecule has 0 unspecified atom stereocenters. The van der Waals surface area contributed by atoms with Crippen LogP contribution in [0.5, 0.6) is 0 Å². The van der Waals surface area contributed by atoms with Gasteiger partial charge in [-0.15, -0.1) is 11.3 Å². The quantitative estimate of drug-likeness (QED) is 0.694. The maximum absolute atomic E-state index is 12.8. The summed E-state index contributed by atoms with van der Waals surface area (Å²) in [6, 6.07) is 9.03. The fourth-order valence-electron chi connectivity index (χ4n) is 2.24. The standard InChI is InChI=1S/C17H11ClF3N3O2S/c18-11-4-3-10(17(19,20)21)8-13(11)22-15(25)9-24-16(26)6-5-12(23-24)14-2-1-7-27-14/h1-8H,9H2,(H,22,25). The first-order valence-corrected chi connectivity index (χ1v) is 8.78. The highest BCUT2D eigenvalue weighted by Gasteiger charge is 2.31. The topological polar surface area (TPSA) is 64.0 Å². The number of rotatable bonds is 4. The summed E-state index contributed by atoms with van der Waals surface area (Å²) in [4.78, 5) is 24.9. The number of hydrogen-bond acceptors (Lipinski definition) is 4. The molecule has 0 aliphatic rings. The monoisotopic (exact) mass is 413 g/mol. The van der Waals surface area contributed by atoms with Crippen molar-refractivity contribution in [3.8, 4) is 10.6 Å². The number of nitrogens with zero attached hydrogens (tertiary/aromatic N) is 2. The summed E-state index contributed by atoms with van der Waals surface area (Å²) < 4.78 is 39.4. The summed E-state index contributed by atoms with van der Waals surface area (Å²) in [5.41, 5.74) is -1.15. The van der Waals surface area contributed by atoms with Gasteiger partial charge in [0.05, 0.1) is 21.2 Å². The zero-order valence-corrected chi connectivity index (χ0v) is 15.0. The summed E-state index contributed by atoms with van der Waals surface area (Å²) in [5, 5.41) is 8.19. The van der Waals surface area contributed by atoms with E-state index < -0.39 is 29.8 Å². The Kier molecular flexibility index (Phi) is 5.33. The van der Waals surface area contributed by atoms with Gasteiger partial charge in [0.2, 0.25) is 5.91 Å². The first-order valence-electron chi connectivity index (χ1n) is 7.53. The molecule has 10 heteroatoms. The Hall–Kier alpha value is -2.65. The minimum Gasteiger partial charge on any atom is -0.323 e. The summed E-state index contributed by atoms with van der Waals surface area (Å²) >= 11 is 7.27. The molecule has 2 heterocycles. The van der Waals surface area contributed by atoms with E-state index in [-0.39, 0.29) is 10.7 Å². The molecule has 0 fully saturated rings. The lowest BCUT2D eigenvalue weighted by Gasteiger charge is -2.12. The Balaban J connectivity index is 1.81. The molecule has 0 spiro atoms. The number of anilines is 1. The van der Waals surface area contributed by atoms with Crippen LogP contribution in [0.4, 0.5) is 18.9 Å². The molecule has 1 aromatic carbocycles. The molecule has 0 aliphatic heterocycles. The molecule has 3 rings (SSSR count). The molecule has 0 bridgehead atoms. The normalized spacial score (nSPS) is 11.4. The summed E-state index contributed by atoms with van der Waals surface area (Å²) in [7, 11) is 0. The molecule has 0 radical (unpaired) electrons. The van der Waals surface area contributed by atoms with Crippen molar-refractivity contribution in [1.29, 1.82) is 0 Å². The lowest BCUT2D eigenvalue weighted by molar-refractivity contribution is -0.137. The van der Waals surface area contributed by atoms with Gasteiger partial charge in [0, 0.05) is 6.07 Å². The average molecular weight is 414 g/mol. The molecular formula is C17H11ClF3N3O2S. The highest BCUT2D eigenvalue weighted by Crippen LogP contribution is 2.33. The molecule has 0 saturated heterocycles. The second-order valence-electron chi connectivity index (χ2n) is 5.43. The van der Waals surface area contributed by atoms with Gasteiger partial charge in [0.15, 0.2) is 0 Å². The first-order chi connectivity index (χ1) is 12.7. The van der Waals surface area contributed by atoms with Crippen molar-refractivity contribution in [2.45, 2.75) is 12.7 Å². The van der Waals surface area contributed by atoms with Crippen LogP contribution in [0.3, 0.4) is 0 Å². The average Bonchev–Trinajstić information content (AvgIpc) is 3.12. The zero-order valence-electron chi connectivity index (χ0n) is 13.5. The van der Waals surface area contributed by atoms with Crippen LogP contribution in [0.1, 0.15) is 5.56 Å². The number of hydrogen-bond donors (Lipinski definition) is 1. The van der Waals surface area contributed by atoms with Gasteiger partial charge in [-0.05, 0) is 35.7 Å². The number of carbonyl (C=O) groups is 1. The van der Waals surface area contributed by atoms with Crippen molar-refractivity contribution in [2.75, 3.05) is 5.32 Å². The number of carbonyl (C=O) groups excluding carboxylic acids is 1. The van der Waals surface area contributed by atoms with Crippen molar-refractivity contribution >= 4 is 34.5 Å². The number of halogens is 4. The molecule has 5 nitrogen and oxygen atoms in total. The molecule has 1 amide bonds. The number of benzene rings is 1. The van der Waals surface area contributed by atoms with E-state index in [1.54, 1.807) is 0 Å². The molecule has 0 saturated carbocycles. The largest absolute Gasteiger partial charge is 0.416 e. The van der Waals surface area contributed by atoms with E-state index in [9.17, 15) is 22.8 Å². The Morgan fingerprint density at radius 2 is 2.00 bits per heavy atom. The summed E-state index contributed by atoms with van der Waals surface area (Å²) in [6.45, 7) is -0.468.